The van der Waals surface area contributed by atoms with Gasteiger partial charge in [0.25, 0.3) is 5.91 Å². The molecule has 1 aromatic heterocycles. The van der Waals surface area contributed by atoms with Crippen molar-refractivity contribution in [3.63, 3.8) is 0 Å². The van der Waals surface area contributed by atoms with Gasteiger partial charge in [0.05, 0.1) is 37.3 Å². The predicted molar refractivity (Wildman–Crippen MR) is 91.8 cm³/mol. The van der Waals surface area contributed by atoms with Crippen LogP contribution < -0.4 is 5.32 Å². The number of carbonyl (C=O) groups excluding carboxylic acids is 1. The van der Waals surface area contributed by atoms with Crippen molar-refractivity contribution >= 4 is 35.9 Å². The van der Waals surface area contributed by atoms with Gasteiger partial charge in [-0.15, -0.1) is 11.3 Å². The first-order chi connectivity index (χ1) is 12.0. The summed E-state index contributed by atoms with van der Waals surface area (Å²) in [7, 11) is -1.38. The SMILES string of the molecule is O=C(O)CC1COCC(NC(=O)C(=CCCO)c2cccs2)B(O)O1. The van der Waals surface area contributed by atoms with E-state index in [0.29, 0.717) is 12.0 Å². The van der Waals surface area contributed by atoms with Crippen molar-refractivity contribution < 1.29 is 34.2 Å². The zero-order chi connectivity index (χ0) is 18.2. The number of aliphatic hydroxyl groups excluding tert-OH is 1. The Hall–Kier alpha value is -1.72. The van der Waals surface area contributed by atoms with E-state index in [1.807, 2.05) is 11.4 Å². The van der Waals surface area contributed by atoms with Gasteiger partial charge < -0.3 is 29.9 Å². The number of ether oxygens (including phenoxy) is 1. The largest absolute Gasteiger partial charge is 0.481 e. The first-order valence-corrected chi connectivity index (χ1v) is 8.68. The minimum absolute atomic E-state index is 0.000740. The molecular formula is C15H20BNO7S. The van der Waals surface area contributed by atoms with Gasteiger partial charge in [0.2, 0.25) is 0 Å². The Morgan fingerprint density at radius 1 is 1.44 bits per heavy atom. The third-order valence-corrected chi connectivity index (χ3v) is 4.41. The molecule has 0 aromatic carbocycles. The molecule has 2 rings (SSSR count). The van der Waals surface area contributed by atoms with Crippen LogP contribution in [0.3, 0.4) is 0 Å². The fraction of sp³-hybridized carbons (Fsp3) is 0.467. The summed E-state index contributed by atoms with van der Waals surface area (Å²) in [6, 6.07) is 3.59. The van der Waals surface area contributed by atoms with Crippen molar-refractivity contribution in [2.75, 3.05) is 19.8 Å². The monoisotopic (exact) mass is 369 g/mol. The number of amides is 1. The number of thiophene rings is 1. The number of rotatable bonds is 7. The molecule has 2 unspecified atom stereocenters. The van der Waals surface area contributed by atoms with Crippen LogP contribution in [-0.2, 0) is 19.0 Å². The number of aliphatic carboxylic acids is 1. The molecule has 1 aliphatic heterocycles. The second-order valence-electron chi connectivity index (χ2n) is 5.47. The summed E-state index contributed by atoms with van der Waals surface area (Å²) >= 11 is 1.38. The van der Waals surface area contributed by atoms with E-state index in [4.69, 9.17) is 19.6 Å². The number of hydrogen-bond donors (Lipinski definition) is 4. The number of carbonyl (C=O) groups is 2. The first-order valence-electron chi connectivity index (χ1n) is 7.80. The highest BCUT2D eigenvalue weighted by molar-refractivity contribution is 7.11. The second kappa shape index (κ2) is 9.69. The molecule has 1 aliphatic rings. The molecule has 8 nitrogen and oxygen atoms in total. The van der Waals surface area contributed by atoms with Crippen LogP contribution in [0.15, 0.2) is 23.6 Å². The fourth-order valence-electron chi connectivity index (χ4n) is 2.35. The predicted octanol–water partition coefficient (Wildman–Crippen LogP) is -0.0915. The molecule has 0 bridgehead atoms. The summed E-state index contributed by atoms with van der Waals surface area (Å²) in [6.07, 6.45) is 0.867. The zero-order valence-corrected chi connectivity index (χ0v) is 14.3. The maximum Gasteiger partial charge on any atom is 0.480 e. The van der Waals surface area contributed by atoms with Gasteiger partial charge in [-0.2, -0.15) is 0 Å². The standard InChI is InChI=1S/C15H20BNO7S/c18-5-1-3-11(12-4-2-6-25-12)15(21)17-13-9-23-8-10(7-14(19)20)24-16(13)22/h2-4,6,10,13,18,22H,1,5,7-9H2,(H,17,21)(H,19,20). The van der Waals surface area contributed by atoms with Crippen LogP contribution >= 0.6 is 11.3 Å². The van der Waals surface area contributed by atoms with Gasteiger partial charge in [-0.05, 0) is 17.9 Å². The van der Waals surface area contributed by atoms with Crippen molar-refractivity contribution in [1.82, 2.24) is 5.32 Å². The summed E-state index contributed by atoms with van der Waals surface area (Å²) in [4.78, 5) is 24.1. The smallest absolute Gasteiger partial charge is 0.480 e. The van der Waals surface area contributed by atoms with Crippen LogP contribution in [0.25, 0.3) is 5.57 Å². The third-order valence-electron chi connectivity index (χ3n) is 3.50. The number of aliphatic hydroxyl groups is 1. The van der Waals surface area contributed by atoms with Gasteiger partial charge in [-0.1, -0.05) is 12.1 Å². The van der Waals surface area contributed by atoms with Gasteiger partial charge >= 0.3 is 13.1 Å². The maximum atomic E-state index is 12.6. The molecule has 2 heterocycles. The van der Waals surface area contributed by atoms with Gasteiger partial charge in [-0.25, -0.2) is 0 Å². The quantitative estimate of drug-likeness (QED) is 0.391. The van der Waals surface area contributed by atoms with Crippen LogP contribution in [0.4, 0.5) is 0 Å². The fourth-order valence-corrected chi connectivity index (χ4v) is 3.11. The van der Waals surface area contributed by atoms with E-state index in [2.05, 4.69) is 5.32 Å². The van der Waals surface area contributed by atoms with E-state index >= 15 is 0 Å². The molecule has 1 saturated heterocycles. The molecule has 0 radical (unpaired) electrons. The van der Waals surface area contributed by atoms with E-state index in [-0.39, 0.29) is 26.2 Å². The van der Waals surface area contributed by atoms with E-state index < -0.39 is 31.0 Å². The molecule has 25 heavy (non-hydrogen) atoms. The minimum atomic E-state index is -1.38. The van der Waals surface area contributed by atoms with E-state index in [0.717, 1.165) is 4.88 Å². The summed E-state index contributed by atoms with van der Waals surface area (Å²) < 4.78 is 10.6. The van der Waals surface area contributed by atoms with Crippen molar-refractivity contribution in [3.05, 3.63) is 28.5 Å². The summed E-state index contributed by atoms with van der Waals surface area (Å²) in [5.41, 5.74) is 0.391. The van der Waals surface area contributed by atoms with E-state index in [1.54, 1.807) is 12.1 Å². The number of carboxylic acid groups (broad SMARTS) is 1. The van der Waals surface area contributed by atoms with E-state index in [9.17, 15) is 14.6 Å². The summed E-state index contributed by atoms with van der Waals surface area (Å²) in [5.74, 6) is -2.32. The Kier molecular flexibility index (Phi) is 7.60. The molecule has 2 atom stereocenters. The number of carboxylic acids is 1. The molecule has 4 N–H and O–H groups in total. The molecule has 0 saturated carbocycles. The molecular weight excluding hydrogens is 349 g/mol. The average molecular weight is 369 g/mol. The van der Waals surface area contributed by atoms with Gasteiger partial charge in [0, 0.05) is 11.5 Å². The Bertz CT molecular complexity index is 607. The zero-order valence-electron chi connectivity index (χ0n) is 13.5. The lowest BCUT2D eigenvalue weighted by Crippen LogP contribution is -2.50. The van der Waals surface area contributed by atoms with Crippen LogP contribution in [-0.4, -0.2) is 66.1 Å². The van der Waals surface area contributed by atoms with Gasteiger partial charge in [0.1, 0.15) is 0 Å². The highest BCUT2D eigenvalue weighted by Crippen LogP contribution is 2.21. The second-order valence-corrected chi connectivity index (χ2v) is 6.42. The van der Waals surface area contributed by atoms with Crippen molar-refractivity contribution in [2.24, 2.45) is 0 Å². The average Bonchev–Trinajstić information content (AvgIpc) is 3.02. The number of nitrogens with one attached hydrogen (secondary N) is 1. The first kappa shape index (κ1) is 19.6. The normalized spacial score (nSPS) is 21.7. The van der Waals surface area contributed by atoms with Crippen molar-refractivity contribution in [3.8, 4) is 0 Å². The highest BCUT2D eigenvalue weighted by Gasteiger charge is 2.35. The molecule has 10 heteroatoms. The van der Waals surface area contributed by atoms with Crippen LogP contribution in [0.1, 0.15) is 17.7 Å². The lowest BCUT2D eigenvalue weighted by Gasteiger charge is -2.19. The molecule has 1 aromatic rings. The third kappa shape index (κ3) is 5.94. The van der Waals surface area contributed by atoms with E-state index in [1.165, 1.54) is 11.3 Å². The van der Waals surface area contributed by atoms with Crippen molar-refractivity contribution in [2.45, 2.75) is 24.9 Å². The Balaban J connectivity index is 2.03. The lowest BCUT2D eigenvalue weighted by atomic mass is 9.79. The minimum Gasteiger partial charge on any atom is -0.481 e. The molecule has 0 spiro atoms. The highest BCUT2D eigenvalue weighted by atomic mass is 32.1. The topological polar surface area (TPSA) is 125 Å². The molecule has 0 aliphatic carbocycles. The lowest BCUT2D eigenvalue weighted by molar-refractivity contribution is -0.139. The Morgan fingerprint density at radius 2 is 2.24 bits per heavy atom. The Morgan fingerprint density at radius 3 is 2.88 bits per heavy atom. The van der Waals surface area contributed by atoms with Crippen LogP contribution in [0.5, 0.6) is 0 Å². The van der Waals surface area contributed by atoms with Gasteiger partial charge in [-0.3, -0.25) is 9.59 Å². The van der Waals surface area contributed by atoms with Gasteiger partial charge in [0.15, 0.2) is 0 Å². The van der Waals surface area contributed by atoms with Crippen LogP contribution in [0.2, 0.25) is 0 Å². The molecule has 136 valence electrons. The summed E-state index contributed by atoms with van der Waals surface area (Å²) in [6.45, 7) is -0.0636. The van der Waals surface area contributed by atoms with Crippen molar-refractivity contribution in [1.29, 1.82) is 0 Å². The number of hydrogen-bond acceptors (Lipinski definition) is 7. The Labute approximate surface area is 149 Å². The molecule has 1 amide bonds. The summed E-state index contributed by atoms with van der Waals surface area (Å²) in [5, 5.41) is 32.4. The molecule has 1 fully saturated rings. The van der Waals surface area contributed by atoms with Crippen LogP contribution in [0, 0.1) is 0 Å². The maximum absolute atomic E-state index is 12.6.